The first-order chi connectivity index (χ1) is 9.78. The van der Waals surface area contributed by atoms with E-state index in [9.17, 15) is 4.39 Å². The van der Waals surface area contributed by atoms with E-state index in [1.807, 2.05) is 37.5 Å². The van der Waals surface area contributed by atoms with Crippen molar-refractivity contribution >= 4 is 10.9 Å². The van der Waals surface area contributed by atoms with Crippen LogP contribution in [0.15, 0.2) is 54.9 Å². The molecule has 0 saturated heterocycles. The number of para-hydroxylation sites is 1. The third-order valence-corrected chi connectivity index (χ3v) is 3.28. The van der Waals surface area contributed by atoms with Gasteiger partial charge in [0.2, 0.25) is 0 Å². The Hall–Kier alpha value is -2.33. The van der Waals surface area contributed by atoms with Crippen LogP contribution in [0.4, 0.5) is 4.39 Å². The summed E-state index contributed by atoms with van der Waals surface area (Å²) >= 11 is 0. The summed E-state index contributed by atoms with van der Waals surface area (Å²) in [6, 6.07) is 13.0. The van der Waals surface area contributed by atoms with E-state index in [2.05, 4.69) is 21.4 Å². The molecule has 0 spiro atoms. The van der Waals surface area contributed by atoms with Crippen molar-refractivity contribution in [2.75, 3.05) is 7.05 Å². The van der Waals surface area contributed by atoms with Gasteiger partial charge in [-0.05, 0) is 36.9 Å². The molecule has 2 aromatic heterocycles. The zero-order valence-electron chi connectivity index (χ0n) is 11.0. The molecule has 1 aromatic carbocycles. The first kappa shape index (κ1) is 12.7. The van der Waals surface area contributed by atoms with Gasteiger partial charge in [-0.25, -0.2) is 4.39 Å². The highest BCUT2D eigenvalue weighted by molar-refractivity contribution is 5.78. The molecule has 0 saturated carbocycles. The van der Waals surface area contributed by atoms with Crippen LogP contribution in [-0.2, 0) is 0 Å². The molecule has 0 fully saturated rings. The molecule has 3 nitrogen and oxygen atoms in total. The number of fused-ring (bicyclic) bond motifs is 1. The Morgan fingerprint density at radius 3 is 2.65 bits per heavy atom. The van der Waals surface area contributed by atoms with E-state index in [-0.39, 0.29) is 11.9 Å². The SMILES string of the molecule is CNC(c1cnc2ccccc2c1)c1ccc(F)cn1. The van der Waals surface area contributed by atoms with E-state index in [0.717, 1.165) is 22.2 Å². The molecule has 1 unspecified atom stereocenters. The van der Waals surface area contributed by atoms with Gasteiger partial charge in [0.05, 0.1) is 23.4 Å². The van der Waals surface area contributed by atoms with Crippen LogP contribution in [0.25, 0.3) is 10.9 Å². The largest absolute Gasteiger partial charge is 0.308 e. The molecule has 0 aliphatic rings. The van der Waals surface area contributed by atoms with Crippen molar-refractivity contribution < 1.29 is 4.39 Å². The molecule has 3 rings (SSSR count). The van der Waals surface area contributed by atoms with Crippen LogP contribution in [0.3, 0.4) is 0 Å². The second kappa shape index (κ2) is 5.35. The normalized spacial score (nSPS) is 12.5. The van der Waals surface area contributed by atoms with E-state index < -0.39 is 0 Å². The Balaban J connectivity index is 2.04. The first-order valence-corrected chi connectivity index (χ1v) is 6.41. The van der Waals surface area contributed by atoms with Gasteiger partial charge in [0.1, 0.15) is 5.82 Å². The highest BCUT2D eigenvalue weighted by Crippen LogP contribution is 2.22. The van der Waals surface area contributed by atoms with Gasteiger partial charge in [0.25, 0.3) is 0 Å². The van der Waals surface area contributed by atoms with Crippen LogP contribution in [0.5, 0.6) is 0 Å². The predicted molar refractivity (Wildman–Crippen MR) is 76.8 cm³/mol. The topological polar surface area (TPSA) is 37.8 Å². The van der Waals surface area contributed by atoms with E-state index in [4.69, 9.17) is 0 Å². The second-order valence-electron chi connectivity index (χ2n) is 4.58. The minimum Gasteiger partial charge on any atom is -0.308 e. The van der Waals surface area contributed by atoms with Crippen molar-refractivity contribution in [2.45, 2.75) is 6.04 Å². The number of pyridine rings is 2. The van der Waals surface area contributed by atoms with Gasteiger partial charge in [0.15, 0.2) is 0 Å². The highest BCUT2D eigenvalue weighted by Gasteiger charge is 2.14. The Kier molecular flexibility index (Phi) is 3.39. The average Bonchev–Trinajstić information content (AvgIpc) is 2.50. The first-order valence-electron chi connectivity index (χ1n) is 6.41. The number of nitrogens with zero attached hydrogens (tertiary/aromatic N) is 2. The third-order valence-electron chi connectivity index (χ3n) is 3.28. The number of benzene rings is 1. The van der Waals surface area contributed by atoms with Crippen LogP contribution in [0, 0.1) is 5.82 Å². The Bertz CT molecular complexity index is 725. The molecule has 1 N–H and O–H groups in total. The minimum absolute atomic E-state index is 0.104. The van der Waals surface area contributed by atoms with Gasteiger partial charge >= 0.3 is 0 Å². The van der Waals surface area contributed by atoms with E-state index in [1.54, 1.807) is 6.07 Å². The van der Waals surface area contributed by atoms with Crippen molar-refractivity contribution in [2.24, 2.45) is 0 Å². The monoisotopic (exact) mass is 267 g/mol. The average molecular weight is 267 g/mol. The van der Waals surface area contributed by atoms with Crippen LogP contribution < -0.4 is 5.32 Å². The molecule has 0 aliphatic heterocycles. The minimum atomic E-state index is -0.333. The van der Waals surface area contributed by atoms with Gasteiger partial charge in [0, 0.05) is 11.6 Å². The second-order valence-corrected chi connectivity index (χ2v) is 4.58. The molecular formula is C16H14FN3. The molecule has 4 heteroatoms. The number of hydrogen-bond acceptors (Lipinski definition) is 3. The van der Waals surface area contributed by atoms with Crippen molar-refractivity contribution in [3.63, 3.8) is 0 Å². The van der Waals surface area contributed by atoms with Crippen molar-refractivity contribution in [1.82, 2.24) is 15.3 Å². The van der Waals surface area contributed by atoms with Crippen LogP contribution in [0.1, 0.15) is 17.3 Å². The number of nitrogens with one attached hydrogen (secondary N) is 1. The van der Waals surface area contributed by atoms with Crippen LogP contribution in [-0.4, -0.2) is 17.0 Å². The van der Waals surface area contributed by atoms with E-state index >= 15 is 0 Å². The zero-order valence-corrected chi connectivity index (χ0v) is 11.0. The number of hydrogen-bond donors (Lipinski definition) is 1. The smallest absolute Gasteiger partial charge is 0.141 e. The number of rotatable bonds is 3. The molecular weight excluding hydrogens is 253 g/mol. The molecule has 0 bridgehead atoms. The van der Waals surface area contributed by atoms with Gasteiger partial charge in [-0.15, -0.1) is 0 Å². The summed E-state index contributed by atoms with van der Waals surface area (Å²) in [7, 11) is 1.85. The molecule has 3 aromatic rings. The van der Waals surface area contributed by atoms with Gasteiger partial charge in [-0.1, -0.05) is 18.2 Å². The molecule has 0 radical (unpaired) electrons. The summed E-state index contributed by atoms with van der Waals surface area (Å²) < 4.78 is 13.0. The Morgan fingerprint density at radius 2 is 1.90 bits per heavy atom. The summed E-state index contributed by atoms with van der Waals surface area (Å²) in [4.78, 5) is 8.59. The Labute approximate surface area is 116 Å². The molecule has 0 amide bonds. The van der Waals surface area contributed by atoms with Gasteiger partial charge in [-0.3, -0.25) is 9.97 Å². The molecule has 20 heavy (non-hydrogen) atoms. The number of aromatic nitrogens is 2. The lowest BCUT2D eigenvalue weighted by molar-refractivity contribution is 0.609. The van der Waals surface area contributed by atoms with Crippen molar-refractivity contribution in [3.8, 4) is 0 Å². The lowest BCUT2D eigenvalue weighted by Crippen LogP contribution is -2.19. The van der Waals surface area contributed by atoms with Gasteiger partial charge < -0.3 is 5.32 Å². The zero-order chi connectivity index (χ0) is 13.9. The summed E-state index contributed by atoms with van der Waals surface area (Å²) in [6.45, 7) is 0. The lowest BCUT2D eigenvalue weighted by atomic mass is 10.0. The fourth-order valence-electron chi connectivity index (χ4n) is 2.29. The predicted octanol–water partition coefficient (Wildman–Crippen LogP) is 3.08. The van der Waals surface area contributed by atoms with Crippen LogP contribution in [0.2, 0.25) is 0 Å². The molecule has 0 aliphatic carbocycles. The number of halogens is 1. The maximum Gasteiger partial charge on any atom is 0.141 e. The molecule has 100 valence electrons. The highest BCUT2D eigenvalue weighted by atomic mass is 19.1. The van der Waals surface area contributed by atoms with Gasteiger partial charge in [-0.2, -0.15) is 0 Å². The fraction of sp³-hybridized carbons (Fsp3) is 0.125. The van der Waals surface area contributed by atoms with E-state index in [0.29, 0.717) is 0 Å². The Morgan fingerprint density at radius 1 is 1.05 bits per heavy atom. The summed E-state index contributed by atoms with van der Waals surface area (Å²) in [5, 5.41) is 4.27. The maximum absolute atomic E-state index is 13.0. The van der Waals surface area contributed by atoms with Crippen LogP contribution >= 0.6 is 0 Å². The fourth-order valence-corrected chi connectivity index (χ4v) is 2.29. The molecule has 1 atom stereocenters. The lowest BCUT2D eigenvalue weighted by Gasteiger charge is -2.16. The summed E-state index contributed by atoms with van der Waals surface area (Å²) in [6.07, 6.45) is 3.06. The molecule has 2 heterocycles. The standard InChI is InChI=1S/C16H14FN3/c1-18-16(15-7-6-13(17)10-20-15)12-8-11-4-2-3-5-14(11)19-9-12/h2-10,16,18H,1H3. The summed E-state index contributed by atoms with van der Waals surface area (Å²) in [5.74, 6) is -0.333. The van der Waals surface area contributed by atoms with Crippen molar-refractivity contribution in [1.29, 1.82) is 0 Å². The van der Waals surface area contributed by atoms with E-state index in [1.165, 1.54) is 12.3 Å². The van der Waals surface area contributed by atoms with Crippen molar-refractivity contribution in [3.05, 3.63) is 71.9 Å². The summed E-state index contributed by atoms with van der Waals surface area (Å²) in [5.41, 5.74) is 2.73. The quantitative estimate of drug-likeness (QED) is 0.792. The third kappa shape index (κ3) is 2.38. The maximum atomic E-state index is 13.0.